The van der Waals surface area contributed by atoms with Crippen molar-refractivity contribution in [2.45, 2.75) is 20.8 Å². The van der Waals surface area contributed by atoms with Gasteiger partial charge in [0.05, 0.1) is 22.7 Å². The Morgan fingerprint density at radius 3 is 1.87 bits per heavy atom. The largest absolute Gasteiger partial charge is 0.372 e. The molecule has 31 heavy (non-hydrogen) atoms. The van der Waals surface area contributed by atoms with E-state index in [0.29, 0.717) is 0 Å². The van der Waals surface area contributed by atoms with Crippen molar-refractivity contribution in [2.75, 3.05) is 18.0 Å². The number of aryl methyl sites for hydroxylation is 1. The Hall–Kier alpha value is -2.87. The first-order valence-corrected chi connectivity index (χ1v) is 11.5. The Kier molecular flexibility index (Phi) is 8.46. The normalized spacial score (nSPS) is 11.7. The molecule has 158 valence electrons. The molecule has 0 aliphatic heterocycles. The molecule has 0 unspecified atom stereocenters. The second kappa shape index (κ2) is 11.5. The molecule has 0 bridgehead atoms. The number of azo groups is 2. The third-order valence-electron chi connectivity index (χ3n) is 4.86. The van der Waals surface area contributed by atoms with Gasteiger partial charge in [-0.05, 0) is 96.7 Å². The summed E-state index contributed by atoms with van der Waals surface area (Å²) in [7, 11) is 0. The van der Waals surface area contributed by atoms with E-state index in [2.05, 4.69) is 73.9 Å². The van der Waals surface area contributed by atoms with Crippen molar-refractivity contribution in [3.05, 3.63) is 81.9 Å². The first-order valence-electron chi connectivity index (χ1n) is 10.3. The molecule has 3 aromatic carbocycles. The van der Waals surface area contributed by atoms with Gasteiger partial charge in [0.1, 0.15) is 0 Å². The number of hydrogen-bond donors (Lipinski definition) is 0. The monoisotopic (exact) mass is 523 g/mol. The number of rotatable bonds is 8. The van der Waals surface area contributed by atoms with E-state index >= 15 is 0 Å². The van der Waals surface area contributed by atoms with Crippen LogP contribution in [0.1, 0.15) is 25.0 Å². The van der Waals surface area contributed by atoms with E-state index in [0.717, 1.165) is 47.0 Å². The maximum Gasteiger partial charge on any atom is 0.0887 e. The Labute approximate surface area is 197 Å². The highest BCUT2D eigenvalue weighted by Crippen LogP contribution is 2.28. The van der Waals surface area contributed by atoms with E-state index in [1.165, 1.54) is 5.69 Å². The molecule has 5 nitrogen and oxygen atoms in total. The lowest BCUT2D eigenvalue weighted by atomic mass is 10.2. The molecule has 0 saturated carbocycles. The molecule has 0 aromatic heterocycles. The van der Waals surface area contributed by atoms with E-state index < -0.39 is 0 Å². The van der Waals surface area contributed by atoms with Crippen LogP contribution in [-0.4, -0.2) is 13.1 Å². The van der Waals surface area contributed by atoms with Gasteiger partial charge >= 0.3 is 0 Å². The average Bonchev–Trinajstić information content (AvgIpc) is 2.80. The molecule has 0 heterocycles. The summed E-state index contributed by atoms with van der Waals surface area (Å²) in [4.78, 5) is 2.30. The zero-order valence-corrected chi connectivity index (χ0v) is 20.2. The Balaban J connectivity index is 1.67. The van der Waals surface area contributed by atoms with Crippen LogP contribution in [-0.2, 0) is 0 Å². The smallest absolute Gasteiger partial charge is 0.0887 e. The van der Waals surface area contributed by atoms with Crippen LogP contribution in [0, 0.1) is 6.92 Å². The SMILES string of the molecule is CCN(CC)c1ccc(N=Nc2ccc(N=Nc3ccc(/C=C\I)cc3)c(C)c2)cc1. The second-order valence-corrected chi connectivity index (χ2v) is 7.66. The minimum absolute atomic E-state index is 0.791. The zero-order valence-electron chi connectivity index (χ0n) is 18.0. The number of anilines is 1. The lowest BCUT2D eigenvalue weighted by molar-refractivity contribution is 0.866. The topological polar surface area (TPSA) is 52.7 Å². The molecule has 0 saturated heterocycles. The van der Waals surface area contributed by atoms with Crippen molar-refractivity contribution in [1.29, 1.82) is 0 Å². The van der Waals surface area contributed by atoms with Gasteiger partial charge in [-0.1, -0.05) is 34.7 Å². The molecule has 0 amide bonds. The molecular weight excluding hydrogens is 497 g/mol. The number of halogens is 1. The highest BCUT2D eigenvalue weighted by atomic mass is 127. The fourth-order valence-electron chi connectivity index (χ4n) is 3.08. The van der Waals surface area contributed by atoms with Crippen molar-refractivity contribution in [3.63, 3.8) is 0 Å². The van der Waals surface area contributed by atoms with Crippen LogP contribution in [0.5, 0.6) is 0 Å². The summed E-state index contributed by atoms with van der Waals surface area (Å²) in [5.41, 5.74) is 6.60. The summed E-state index contributed by atoms with van der Waals surface area (Å²) >= 11 is 2.21. The van der Waals surface area contributed by atoms with Crippen LogP contribution < -0.4 is 4.90 Å². The summed E-state index contributed by atoms with van der Waals surface area (Å²) in [5.74, 6) is 0. The molecule has 0 aliphatic carbocycles. The summed E-state index contributed by atoms with van der Waals surface area (Å²) < 4.78 is 1.98. The number of hydrogen-bond acceptors (Lipinski definition) is 5. The quantitative estimate of drug-likeness (QED) is 0.215. The zero-order chi connectivity index (χ0) is 22.1. The molecule has 3 aromatic rings. The van der Waals surface area contributed by atoms with Crippen molar-refractivity contribution in [1.82, 2.24) is 0 Å². The molecule has 0 N–H and O–H groups in total. The van der Waals surface area contributed by atoms with Gasteiger partial charge in [-0.2, -0.15) is 20.5 Å². The van der Waals surface area contributed by atoms with E-state index in [4.69, 9.17) is 0 Å². The maximum atomic E-state index is 4.38. The van der Waals surface area contributed by atoms with E-state index in [9.17, 15) is 0 Å². The maximum absolute atomic E-state index is 4.38. The lowest BCUT2D eigenvalue weighted by Crippen LogP contribution is -2.21. The van der Waals surface area contributed by atoms with Crippen LogP contribution in [0.15, 0.2) is 91.3 Å². The molecule has 0 aliphatic rings. The van der Waals surface area contributed by atoms with Gasteiger partial charge in [0, 0.05) is 18.8 Å². The molecule has 0 fully saturated rings. The summed E-state index contributed by atoms with van der Waals surface area (Å²) in [6, 6.07) is 21.9. The van der Waals surface area contributed by atoms with Crippen molar-refractivity contribution >= 4 is 57.1 Å². The van der Waals surface area contributed by atoms with E-state index in [1.807, 2.05) is 71.7 Å². The summed E-state index contributed by atoms with van der Waals surface area (Å²) in [6.45, 7) is 8.29. The number of nitrogens with zero attached hydrogens (tertiary/aromatic N) is 5. The van der Waals surface area contributed by atoms with Crippen LogP contribution in [0.4, 0.5) is 28.4 Å². The third-order valence-corrected chi connectivity index (χ3v) is 5.22. The number of benzene rings is 3. The summed E-state index contributed by atoms with van der Waals surface area (Å²) in [5, 5.41) is 17.5. The fourth-order valence-corrected chi connectivity index (χ4v) is 3.50. The van der Waals surface area contributed by atoms with E-state index in [1.54, 1.807) is 0 Å². The van der Waals surface area contributed by atoms with Crippen LogP contribution in [0.3, 0.4) is 0 Å². The Morgan fingerprint density at radius 1 is 0.742 bits per heavy atom. The second-order valence-electron chi connectivity index (χ2n) is 6.94. The molecular formula is C25H26IN5. The van der Waals surface area contributed by atoms with Gasteiger partial charge in [-0.25, -0.2) is 0 Å². The van der Waals surface area contributed by atoms with Crippen molar-refractivity contribution in [3.8, 4) is 0 Å². The predicted octanol–water partition coefficient (Wildman–Crippen LogP) is 9.08. The average molecular weight is 523 g/mol. The van der Waals surface area contributed by atoms with Gasteiger partial charge in [-0.15, -0.1) is 0 Å². The fraction of sp³-hybridized carbons (Fsp3) is 0.200. The molecule has 3 rings (SSSR count). The molecule has 6 heteroatoms. The molecule has 0 radical (unpaired) electrons. The lowest BCUT2D eigenvalue weighted by Gasteiger charge is -2.20. The Morgan fingerprint density at radius 2 is 1.29 bits per heavy atom. The highest BCUT2D eigenvalue weighted by molar-refractivity contribution is 14.1. The first-order chi connectivity index (χ1) is 15.1. The minimum Gasteiger partial charge on any atom is -0.372 e. The van der Waals surface area contributed by atoms with Gasteiger partial charge in [0.25, 0.3) is 0 Å². The van der Waals surface area contributed by atoms with Gasteiger partial charge in [-0.3, -0.25) is 0 Å². The standard InChI is InChI=1S/C25H26IN5/c1-4-31(5-2)24-13-10-22(11-14-24)27-29-23-12-15-25(19(3)18-23)30-28-21-8-6-20(7-9-21)16-17-26/h6-18H,4-5H2,1-3H3/b17-16-,29-27?,30-28?. The van der Waals surface area contributed by atoms with Crippen LogP contribution in [0.25, 0.3) is 6.08 Å². The molecule has 0 spiro atoms. The first kappa shape index (κ1) is 22.8. The van der Waals surface area contributed by atoms with Crippen molar-refractivity contribution < 1.29 is 0 Å². The minimum atomic E-state index is 0.791. The predicted molar refractivity (Wildman–Crippen MR) is 139 cm³/mol. The van der Waals surface area contributed by atoms with Gasteiger partial charge < -0.3 is 4.90 Å². The van der Waals surface area contributed by atoms with Crippen molar-refractivity contribution in [2.24, 2.45) is 20.5 Å². The summed E-state index contributed by atoms with van der Waals surface area (Å²) in [6.07, 6.45) is 2.04. The Bertz CT molecular complexity index is 1070. The van der Waals surface area contributed by atoms with Crippen LogP contribution in [0.2, 0.25) is 0 Å². The third kappa shape index (κ3) is 6.55. The van der Waals surface area contributed by atoms with Crippen LogP contribution >= 0.6 is 22.6 Å². The van der Waals surface area contributed by atoms with Gasteiger partial charge in [0.15, 0.2) is 0 Å². The van der Waals surface area contributed by atoms with Gasteiger partial charge in [0.2, 0.25) is 0 Å². The van der Waals surface area contributed by atoms with E-state index in [-0.39, 0.29) is 0 Å². The highest BCUT2D eigenvalue weighted by Gasteiger charge is 2.02. The molecule has 0 atom stereocenters.